The molecule has 51 heavy (non-hydrogen) atoms. The SMILES string of the molecule is CCCCCCCCCC/C=C\CCCCCCCCCCCC(=O)OC(CO)COP(=O)(O)OCC(CO)OC(=O)CCCCCCCCC. The van der Waals surface area contributed by atoms with Gasteiger partial charge in [0, 0.05) is 12.8 Å². The van der Waals surface area contributed by atoms with Gasteiger partial charge in [-0.2, -0.15) is 0 Å². The number of aliphatic hydroxyl groups excluding tert-OH is 2. The van der Waals surface area contributed by atoms with Gasteiger partial charge in [0.1, 0.15) is 12.2 Å². The fraction of sp³-hybridized carbons (Fsp3) is 0.900. The van der Waals surface area contributed by atoms with Crippen molar-refractivity contribution >= 4 is 19.8 Å². The quantitative estimate of drug-likeness (QED) is 0.0240. The Balaban J connectivity index is 3.84. The van der Waals surface area contributed by atoms with E-state index in [-0.39, 0.29) is 12.8 Å². The van der Waals surface area contributed by atoms with Crippen molar-refractivity contribution in [2.24, 2.45) is 0 Å². The van der Waals surface area contributed by atoms with E-state index < -0.39 is 58.4 Å². The lowest BCUT2D eigenvalue weighted by Crippen LogP contribution is -2.28. The number of phosphoric acid groups is 1. The Morgan fingerprint density at radius 3 is 1.12 bits per heavy atom. The van der Waals surface area contributed by atoms with Gasteiger partial charge in [0.05, 0.1) is 26.4 Å². The highest BCUT2D eigenvalue weighted by molar-refractivity contribution is 7.47. The maximum absolute atomic E-state index is 12.3. The molecule has 3 N–H and O–H groups in total. The fourth-order valence-corrected chi connectivity index (χ4v) is 6.54. The lowest BCUT2D eigenvalue weighted by atomic mass is 10.1. The van der Waals surface area contributed by atoms with Gasteiger partial charge in [-0.1, -0.05) is 154 Å². The average molecular weight is 749 g/mol. The van der Waals surface area contributed by atoms with Crippen molar-refractivity contribution < 1.29 is 47.8 Å². The molecule has 0 aromatic rings. The first kappa shape index (κ1) is 49.7. The van der Waals surface area contributed by atoms with Gasteiger partial charge in [-0.15, -0.1) is 0 Å². The van der Waals surface area contributed by atoms with Gasteiger partial charge in [0.2, 0.25) is 0 Å². The van der Waals surface area contributed by atoms with Crippen LogP contribution in [0.2, 0.25) is 0 Å². The highest BCUT2D eigenvalue weighted by Crippen LogP contribution is 2.43. The summed E-state index contributed by atoms with van der Waals surface area (Å²) in [5.41, 5.74) is 0. The Kier molecular flexibility index (Phi) is 36.1. The number of phosphoric ester groups is 1. The Bertz CT molecular complexity index is 868. The summed E-state index contributed by atoms with van der Waals surface area (Å²) >= 11 is 0. The normalized spacial score (nSPS) is 14.1. The molecule has 0 saturated heterocycles. The van der Waals surface area contributed by atoms with Crippen molar-refractivity contribution in [2.45, 2.75) is 206 Å². The van der Waals surface area contributed by atoms with Crippen molar-refractivity contribution in [3.63, 3.8) is 0 Å². The summed E-state index contributed by atoms with van der Waals surface area (Å²) in [6.07, 6.45) is 33.6. The van der Waals surface area contributed by atoms with Gasteiger partial charge in [0.15, 0.2) is 0 Å². The predicted molar refractivity (Wildman–Crippen MR) is 205 cm³/mol. The number of hydrogen-bond donors (Lipinski definition) is 3. The summed E-state index contributed by atoms with van der Waals surface area (Å²) in [4.78, 5) is 34.3. The Morgan fingerprint density at radius 2 is 0.804 bits per heavy atom. The maximum atomic E-state index is 12.3. The number of allylic oxidation sites excluding steroid dienone is 2. The Labute approximate surface area is 311 Å². The second kappa shape index (κ2) is 37.0. The van der Waals surface area contributed by atoms with Crippen LogP contribution in [0.25, 0.3) is 0 Å². The number of carbonyl (C=O) groups excluding carboxylic acids is 2. The zero-order valence-corrected chi connectivity index (χ0v) is 33.5. The summed E-state index contributed by atoms with van der Waals surface area (Å²) < 4.78 is 32.4. The predicted octanol–water partition coefficient (Wildman–Crippen LogP) is 10.4. The van der Waals surface area contributed by atoms with Crippen molar-refractivity contribution in [3.05, 3.63) is 12.2 Å². The van der Waals surface area contributed by atoms with Crippen LogP contribution in [0.4, 0.5) is 0 Å². The monoisotopic (exact) mass is 749 g/mol. The second-order valence-corrected chi connectivity index (χ2v) is 15.4. The highest BCUT2D eigenvalue weighted by Gasteiger charge is 2.27. The minimum absolute atomic E-state index is 0.193. The maximum Gasteiger partial charge on any atom is 0.472 e. The molecule has 3 atom stereocenters. The third-order valence-corrected chi connectivity index (χ3v) is 9.93. The van der Waals surface area contributed by atoms with E-state index in [0.717, 1.165) is 38.5 Å². The van der Waals surface area contributed by atoms with Crippen LogP contribution in [0.15, 0.2) is 12.2 Å². The molecule has 0 aliphatic heterocycles. The molecule has 0 rings (SSSR count). The molecule has 0 amide bonds. The van der Waals surface area contributed by atoms with Crippen LogP contribution in [-0.2, 0) is 32.7 Å². The molecule has 0 aromatic heterocycles. The van der Waals surface area contributed by atoms with Gasteiger partial charge in [-0.3, -0.25) is 18.6 Å². The summed E-state index contributed by atoms with van der Waals surface area (Å²) in [7, 11) is -4.62. The van der Waals surface area contributed by atoms with Gasteiger partial charge in [-0.25, -0.2) is 4.57 Å². The fourth-order valence-electron chi connectivity index (χ4n) is 5.76. The number of ether oxygens (including phenoxy) is 2. The smallest absolute Gasteiger partial charge is 0.457 e. The summed E-state index contributed by atoms with van der Waals surface area (Å²) in [5, 5.41) is 19.0. The highest BCUT2D eigenvalue weighted by atomic mass is 31.2. The zero-order chi connectivity index (χ0) is 37.7. The number of carbonyl (C=O) groups is 2. The minimum atomic E-state index is -4.62. The van der Waals surface area contributed by atoms with Crippen molar-refractivity contribution in [1.29, 1.82) is 0 Å². The molecule has 0 aromatic carbocycles. The van der Waals surface area contributed by atoms with Crippen LogP contribution in [-0.4, -0.2) is 65.7 Å². The lowest BCUT2D eigenvalue weighted by molar-refractivity contribution is -0.153. The Hall–Kier alpha value is -1.29. The van der Waals surface area contributed by atoms with Crippen LogP contribution in [0.1, 0.15) is 194 Å². The second-order valence-electron chi connectivity index (χ2n) is 14.0. The van der Waals surface area contributed by atoms with Crippen LogP contribution >= 0.6 is 7.82 Å². The molecule has 0 radical (unpaired) electrons. The number of unbranched alkanes of at least 4 members (excludes halogenated alkanes) is 23. The largest absolute Gasteiger partial charge is 0.472 e. The van der Waals surface area contributed by atoms with Crippen molar-refractivity contribution in [3.8, 4) is 0 Å². The topological polar surface area (TPSA) is 149 Å². The van der Waals surface area contributed by atoms with E-state index in [1.54, 1.807) is 0 Å². The first-order valence-corrected chi connectivity index (χ1v) is 22.1. The number of hydrogen-bond acceptors (Lipinski definition) is 9. The molecule has 10 nitrogen and oxygen atoms in total. The molecule has 302 valence electrons. The van der Waals surface area contributed by atoms with Crippen LogP contribution in [0.3, 0.4) is 0 Å². The third kappa shape index (κ3) is 35.5. The van der Waals surface area contributed by atoms with Gasteiger partial charge < -0.3 is 24.6 Å². The van der Waals surface area contributed by atoms with E-state index in [2.05, 4.69) is 26.0 Å². The minimum Gasteiger partial charge on any atom is -0.457 e. The van der Waals surface area contributed by atoms with Crippen molar-refractivity contribution in [1.82, 2.24) is 0 Å². The van der Waals surface area contributed by atoms with Crippen LogP contribution < -0.4 is 0 Å². The lowest BCUT2D eigenvalue weighted by Gasteiger charge is -2.20. The number of rotatable bonds is 39. The van der Waals surface area contributed by atoms with Gasteiger partial charge >= 0.3 is 19.8 Å². The van der Waals surface area contributed by atoms with Crippen LogP contribution in [0, 0.1) is 0 Å². The van der Waals surface area contributed by atoms with Crippen LogP contribution in [0.5, 0.6) is 0 Å². The average Bonchev–Trinajstić information content (AvgIpc) is 3.12. The Morgan fingerprint density at radius 1 is 0.510 bits per heavy atom. The van der Waals surface area contributed by atoms with Gasteiger partial charge in [0.25, 0.3) is 0 Å². The molecule has 0 spiro atoms. The van der Waals surface area contributed by atoms with Gasteiger partial charge in [-0.05, 0) is 38.5 Å². The molecule has 3 unspecified atom stereocenters. The van der Waals surface area contributed by atoms with E-state index in [4.69, 9.17) is 18.5 Å². The molecule has 0 saturated carbocycles. The van der Waals surface area contributed by atoms with E-state index in [9.17, 15) is 29.3 Å². The first-order valence-electron chi connectivity index (χ1n) is 20.6. The molecule has 0 bridgehead atoms. The molecular formula is C40H77O10P. The molecule has 0 aliphatic carbocycles. The zero-order valence-electron chi connectivity index (χ0n) is 32.6. The summed E-state index contributed by atoms with van der Waals surface area (Å²) in [6, 6.07) is 0. The van der Waals surface area contributed by atoms with E-state index in [1.165, 1.54) is 116 Å². The molecule has 11 heteroatoms. The molecule has 0 aliphatic rings. The molecular weight excluding hydrogens is 671 g/mol. The number of esters is 2. The standard InChI is InChI=1S/C40H77O10P/c1-3-5-7-9-11-12-13-14-15-16-17-18-19-20-21-22-23-24-26-28-30-32-40(44)50-38(34-42)36-48-51(45,46)47-35-37(33-41)49-39(43)31-29-27-25-10-8-6-4-2/h16-17,37-38,41-42H,3-15,18-36H2,1-2H3,(H,45,46)/b17-16-. The van der Waals surface area contributed by atoms with E-state index in [1.807, 2.05) is 0 Å². The molecule has 0 heterocycles. The third-order valence-electron chi connectivity index (χ3n) is 8.98. The van der Waals surface area contributed by atoms with E-state index >= 15 is 0 Å². The first-order chi connectivity index (χ1) is 24.8. The summed E-state index contributed by atoms with van der Waals surface area (Å²) in [5.74, 6) is -1.02. The number of aliphatic hydroxyl groups is 2. The van der Waals surface area contributed by atoms with Crippen molar-refractivity contribution in [2.75, 3.05) is 26.4 Å². The summed E-state index contributed by atoms with van der Waals surface area (Å²) in [6.45, 7) is 2.15. The molecule has 0 fully saturated rings. The van der Waals surface area contributed by atoms with E-state index in [0.29, 0.717) is 12.8 Å².